The highest BCUT2D eigenvalue weighted by molar-refractivity contribution is 5.99. The van der Waals surface area contributed by atoms with Crippen molar-refractivity contribution in [3.05, 3.63) is 58.4 Å². The molecule has 1 aromatic heterocycles. The topological polar surface area (TPSA) is 93.3 Å². The molecule has 7 nitrogen and oxygen atoms in total. The summed E-state index contributed by atoms with van der Waals surface area (Å²) < 4.78 is 12.4. The number of carbonyl (C=O) groups excluding carboxylic acids is 2. The van der Waals surface area contributed by atoms with E-state index in [4.69, 9.17) is 9.47 Å². The number of hydrogen-bond acceptors (Lipinski definition) is 5. The lowest BCUT2D eigenvalue weighted by atomic mass is 10.1. The van der Waals surface area contributed by atoms with Gasteiger partial charge in [-0.25, -0.2) is 4.79 Å². The Morgan fingerprint density at radius 3 is 2.58 bits per heavy atom. The van der Waals surface area contributed by atoms with Crippen LogP contribution in [0.2, 0.25) is 0 Å². The molecule has 0 saturated heterocycles. The highest BCUT2D eigenvalue weighted by Gasteiger charge is 2.27. The first-order valence-electron chi connectivity index (χ1n) is 10.3. The lowest BCUT2D eigenvalue weighted by Crippen LogP contribution is -2.30. The molecular formula is C24H27N3O4. The molecule has 0 spiro atoms. The van der Waals surface area contributed by atoms with Crippen molar-refractivity contribution < 1.29 is 19.1 Å². The zero-order valence-electron chi connectivity index (χ0n) is 18.1. The number of esters is 1. The molecular weight excluding hydrogens is 394 g/mol. The molecule has 0 atom stereocenters. The summed E-state index contributed by atoms with van der Waals surface area (Å²) in [6, 6.07) is 11.9. The van der Waals surface area contributed by atoms with E-state index in [1.165, 1.54) is 6.08 Å². The van der Waals surface area contributed by atoms with Gasteiger partial charge in [-0.3, -0.25) is 4.79 Å². The minimum Gasteiger partial charge on any atom is -0.497 e. The summed E-state index contributed by atoms with van der Waals surface area (Å²) in [4.78, 5) is 24.3. The average molecular weight is 421 g/mol. The first kappa shape index (κ1) is 22.2. The minimum absolute atomic E-state index is 0.123. The third-order valence-corrected chi connectivity index (χ3v) is 5.30. The first-order chi connectivity index (χ1) is 14.9. The number of methoxy groups -OCH3 is 1. The molecule has 1 heterocycles. The molecule has 162 valence electrons. The van der Waals surface area contributed by atoms with Crippen LogP contribution in [-0.4, -0.2) is 36.7 Å². The van der Waals surface area contributed by atoms with Gasteiger partial charge in [0.1, 0.15) is 17.4 Å². The number of rotatable bonds is 9. The number of aromatic nitrogens is 1. The van der Waals surface area contributed by atoms with Crippen LogP contribution in [0.5, 0.6) is 5.75 Å². The van der Waals surface area contributed by atoms with Gasteiger partial charge in [0.25, 0.3) is 5.91 Å². The van der Waals surface area contributed by atoms with E-state index in [0.717, 1.165) is 41.1 Å². The molecule has 1 aromatic carbocycles. The number of hydrogen-bond donors (Lipinski definition) is 1. The van der Waals surface area contributed by atoms with Gasteiger partial charge in [0.15, 0.2) is 6.61 Å². The van der Waals surface area contributed by atoms with Gasteiger partial charge in [-0.15, -0.1) is 0 Å². The van der Waals surface area contributed by atoms with Crippen molar-refractivity contribution in [1.29, 1.82) is 5.26 Å². The second kappa shape index (κ2) is 9.98. The third kappa shape index (κ3) is 5.76. The molecule has 7 heteroatoms. The zero-order chi connectivity index (χ0) is 22.4. The molecule has 1 N–H and O–H groups in total. The van der Waals surface area contributed by atoms with E-state index in [2.05, 4.69) is 9.88 Å². The molecule has 31 heavy (non-hydrogen) atoms. The summed E-state index contributed by atoms with van der Waals surface area (Å²) in [5, 5.41) is 12.1. The largest absolute Gasteiger partial charge is 0.497 e. The molecule has 2 aromatic rings. The van der Waals surface area contributed by atoms with Crippen LogP contribution in [0.1, 0.15) is 41.4 Å². The van der Waals surface area contributed by atoms with E-state index >= 15 is 0 Å². The van der Waals surface area contributed by atoms with Crippen LogP contribution in [0.15, 0.2) is 35.9 Å². The van der Waals surface area contributed by atoms with Crippen molar-refractivity contribution in [1.82, 2.24) is 9.88 Å². The fraction of sp³-hybridized carbons (Fsp3) is 0.375. The van der Waals surface area contributed by atoms with E-state index in [1.54, 1.807) is 7.11 Å². The molecule has 1 saturated carbocycles. The van der Waals surface area contributed by atoms with Gasteiger partial charge in [0, 0.05) is 24.0 Å². The monoisotopic (exact) mass is 421 g/mol. The van der Waals surface area contributed by atoms with Crippen LogP contribution in [0.3, 0.4) is 0 Å². The lowest BCUT2D eigenvalue weighted by molar-refractivity contribution is -0.144. The van der Waals surface area contributed by atoms with Crippen LogP contribution in [-0.2, 0) is 20.7 Å². The highest BCUT2D eigenvalue weighted by Crippen LogP contribution is 2.38. The molecule has 1 amide bonds. The Bertz CT molecular complexity index is 1020. The third-order valence-electron chi connectivity index (χ3n) is 5.30. The summed E-state index contributed by atoms with van der Waals surface area (Å²) in [6.45, 7) is 3.98. The Hall–Kier alpha value is -3.53. The second-order valence-electron chi connectivity index (χ2n) is 7.62. The molecule has 3 rings (SSSR count). The number of nitrogens with one attached hydrogen (secondary N) is 1. The van der Waals surface area contributed by atoms with Gasteiger partial charge in [-0.1, -0.05) is 12.1 Å². The van der Waals surface area contributed by atoms with Crippen LogP contribution in [0.4, 0.5) is 0 Å². The molecule has 1 fully saturated rings. The van der Waals surface area contributed by atoms with Crippen molar-refractivity contribution in [2.45, 2.75) is 39.2 Å². The maximum atomic E-state index is 12.3. The first-order valence-corrected chi connectivity index (χ1v) is 10.3. The Balaban J connectivity index is 1.49. The van der Waals surface area contributed by atoms with Crippen LogP contribution in [0, 0.1) is 25.2 Å². The van der Waals surface area contributed by atoms with Crippen molar-refractivity contribution in [2.24, 2.45) is 0 Å². The van der Waals surface area contributed by atoms with Gasteiger partial charge >= 0.3 is 5.97 Å². The Labute approximate surface area is 182 Å². The van der Waals surface area contributed by atoms with Crippen molar-refractivity contribution in [3.8, 4) is 11.8 Å². The van der Waals surface area contributed by atoms with Gasteiger partial charge in [0.05, 0.1) is 7.11 Å². The van der Waals surface area contributed by atoms with Crippen molar-refractivity contribution >= 4 is 18.0 Å². The minimum atomic E-state index is -0.802. The van der Waals surface area contributed by atoms with Crippen molar-refractivity contribution in [2.75, 3.05) is 20.3 Å². The summed E-state index contributed by atoms with van der Waals surface area (Å²) in [5.74, 6) is -0.439. The standard InChI is InChI=1S/C24H27N3O4/c1-16-12-19(17(2)27(16)21-6-7-21)13-20(14-25)24(29)31-15-23(28)26-11-10-18-4-8-22(30-3)9-5-18/h4-5,8-9,12-13,21H,6-7,10-11,15H2,1-3H3,(H,26,28)/b20-13+. The fourth-order valence-electron chi connectivity index (χ4n) is 3.53. The summed E-state index contributed by atoms with van der Waals surface area (Å²) in [5.41, 5.74) is 3.88. The lowest BCUT2D eigenvalue weighted by Gasteiger charge is -2.08. The van der Waals surface area contributed by atoms with Crippen LogP contribution in [0.25, 0.3) is 6.08 Å². The molecule has 0 bridgehead atoms. The van der Waals surface area contributed by atoms with E-state index in [9.17, 15) is 14.9 Å². The molecule has 0 unspecified atom stereocenters. The maximum Gasteiger partial charge on any atom is 0.349 e. The van der Waals surface area contributed by atoms with Crippen molar-refractivity contribution in [3.63, 3.8) is 0 Å². The Morgan fingerprint density at radius 1 is 1.26 bits per heavy atom. The van der Waals surface area contributed by atoms with E-state index < -0.39 is 18.5 Å². The van der Waals surface area contributed by atoms with Gasteiger partial charge in [-0.2, -0.15) is 5.26 Å². The van der Waals surface area contributed by atoms with Crippen LogP contribution >= 0.6 is 0 Å². The van der Waals surface area contributed by atoms with Gasteiger partial charge in [-0.05, 0) is 68.5 Å². The number of aryl methyl sites for hydroxylation is 1. The molecule has 1 aliphatic carbocycles. The number of nitrogens with zero attached hydrogens (tertiary/aromatic N) is 2. The number of ether oxygens (including phenoxy) is 2. The predicted molar refractivity (Wildman–Crippen MR) is 116 cm³/mol. The van der Waals surface area contributed by atoms with Gasteiger partial charge in [0.2, 0.25) is 0 Å². The summed E-state index contributed by atoms with van der Waals surface area (Å²) in [6.07, 6.45) is 4.48. The molecule has 1 aliphatic rings. The maximum absolute atomic E-state index is 12.3. The molecule has 0 aliphatic heterocycles. The van der Waals surface area contributed by atoms with E-state index in [0.29, 0.717) is 19.0 Å². The van der Waals surface area contributed by atoms with Crippen LogP contribution < -0.4 is 10.1 Å². The van der Waals surface area contributed by atoms with Gasteiger partial charge < -0.3 is 19.4 Å². The normalized spacial score (nSPS) is 13.4. The SMILES string of the molecule is COc1ccc(CCNC(=O)COC(=O)/C(C#N)=C/c2cc(C)n(C3CC3)c2C)cc1. The van der Waals surface area contributed by atoms with E-state index in [1.807, 2.05) is 50.2 Å². The highest BCUT2D eigenvalue weighted by atomic mass is 16.5. The Morgan fingerprint density at radius 2 is 1.97 bits per heavy atom. The number of nitriles is 1. The zero-order valence-corrected chi connectivity index (χ0v) is 18.1. The smallest absolute Gasteiger partial charge is 0.349 e. The number of carbonyl (C=O) groups is 2. The van der Waals surface area contributed by atoms with E-state index in [-0.39, 0.29) is 5.57 Å². The quantitative estimate of drug-likeness (QED) is 0.381. The fourth-order valence-corrected chi connectivity index (χ4v) is 3.53. The summed E-state index contributed by atoms with van der Waals surface area (Å²) >= 11 is 0. The number of amides is 1. The second-order valence-corrected chi connectivity index (χ2v) is 7.62. The summed E-state index contributed by atoms with van der Waals surface area (Å²) in [7, 11) is 1.61. The average Bonchev–Trinajstić information content (AvgIpc) is 3.56. The predicted octanol–water partition coefficient (Wildman–Crippen LogP) is 3.26. The molecule has 0 radical (unpaired) electrons. The number of benzene rings is 1. The Kier molecular flexibility index (Phi) is 7.14.